The van der Waals surface area contributed by atoms with E-state index in [0.717, 1.165) is 16.6 Å². The van der Waals surface area contributed by atoms with Crippen LogP contribution in [-0.2, 0) is 0 Å². The topological polar surface area (TPSA) is 52.3 Å². The number of aromatic nitrogens is 4. The molecule has 0 aliphatic carbocycles. The van der Waals surface area contributed by atoms with Crippen LogP contribution in [0.25, 0.3) is 28.8 Å². The number of ether oxygens (including phenoxy) is 1. The van der Waals surface area contributed by atoms with Gasteiger partial charge in [-0.15, -0.1) is 10.2 Å². The molecular formula is C20H17ClN4O. The normalized spacial score (nSPS) is 11.8. The number of hydrogen-bond acceptors (Lipinski definition) is 4. The molecular weight excluding hydrogens is 348 g/mol. The predicted octanol–water partition coefficient (Wildman–Crippen LogP) is 4.89. The van der Waals surface area contributed by atoms with E-state index in [-0.39, 0.29) is 6.10 Å². The van der Waals surface area contributed by atoms with Crippen molar-refractivity contribution in [3.05, 3.63) is 64.9 Å². The van der Waals surface area contributed by atoms with Gasteiger partial charge in [0.2, 0.25) is 5.65 Å². The summed E-state index contributed by atoms with van der Waals surface area (Å²) in [4.78, 5) is 4.59. The Kier molecular flexibility index (Phi) is 4.31. The Morgan fingerprint density at radius 1 is 1.04 bits per heavy atom. The summed E-state index contributed by atoms with van der Waals surface area (Å²) in [7, 11) is 0. The molecule has 130 valence electrons. The lowest BCUT2D eigenvalue weighted by Crippen LogP contribution is -2.09. The maximum absolute atomic E-state index is 6.20. The van der Waals surface area contributed by atoms with Gasteiger partial charge in [0.25, 0.3) is 5.88 Å². The van der Waals surface area contributed by atoms with E-state index in [1.54, 1.807) is 0 Å². The number of benzene rings is 2. The minimum Gasteiger partial charge on any atom is -0.472 e. The van der Waals surface area contributed by atoms with Gasteiger partial charge in [-0.3, -0.25) is 4.40 Å². The van der Waals surface area contributed by atoms with Crippen molar-refractivity contribution in [1.82, 2.24) is 19.6 Å². The van der Waals surface area contributed by atoms with E-state index in [0.29, 0.717) is 22.4 Å². The molecule has 0 amide bonds. The summed E-state index contributed by atoms with van der Waals surface area (Å²) < 4.78 is 7.77. The monoisotopic (exact) mass is 364 g/mol. The lowest BCUT2D eigenvalue weighted by molar-refractivity contribution is 0.235. The van der Waals surface area contributed by atoms with Gasteiger partial charge in [-0.25, -0.2) is 4.98 Å². The Morgan fingerprint density at radius 2 is 1.85 bits per heavy atom. The quantitative estimate of drug-likeness (QED) is 0.517. The van der Waals surface area contributed by atoms with Crippen LogP contribution >= 0.6 is 11.6 Å². The van der Waals surface area contributed by atoms with Gasteiger partial charge in [0.15, 0.2) is 5.82 Å². The third kappa shape index (κ3) is 3.13. The summed E-state index contributed by atoms with van der Waals surface area (Å²) in [6.07, 6.45) is 3.90. The molecule has 0 atom stereocenters. The molecule has 0 saturated heterocycles. The molecule has 26 heavy (non-hydrogen) atoms. The van der Waals surface area contributed by atoms with Crippen molar-refractivity contribution >= 4 is 40.4 Å². The molecule has 2 aromatic carbocycles. The first-order valence-electron chi connectivity index (χ1n) is 8.36. The average Bonchev–Trinajstić information content (AvgIpc) is 3.06. The van der Waals surface area contributed by atoms with Crippen LogP contribution in [0.4, 0.5) is 0 Å². The van der Waals surface area contributed by atoms with Crippen molar-refractivity contribution in [1.29, 1.82) is 0 Å². The summed E-state index contributed by atoms with van der Waals surface area (Å²) in [5, 5.41) is 9.25. The van der Waals surface area contributed by atoms with Gasteiger partial charge in [0.05, 0.1) is 17.1 Å². The van der Waals surface area contributed by atoms with Crippen LogP contribution < -0.4 is 4.74 Å². The molecule has 0 unspecified atom stereocenters. The first-order chi connectivity index (χ1) is 12.6. The molecule has 0 fully saturated rings. The molecule has 0 radical (unpaired) electrons. The van der Waals surface area contributed by atoms with Gasteiger partial charge in [-0.2, -0.15) is 0 Å². The van der Waals surface area contributed by atoms with Crippen LogP contribution in [0.3, 0.4) is 0 Å². The Bertz CT molecular complexity index is 1100. The standard InChI is InChI=1S/C20H17ClN4O/c1-13(2)26-20-19-24-23-18(11-8-14-6-4-3-5-7-14)25(19)17-12-15(21)9-10-16(17)22-20/h3-13H,1-2H3/b11-8+. The molecule has 0 bridgehead atoms. The molecule has 5 nitrogen and oxygen atoms in total. The van der Waals surface area contributed by atoms with E-state index in [2.05, 4.69) is 15.2 Å². The van der Waals surface area contributed by atoms with E-state index >= 15 is 0 Å². The van der Waals surface area contributed by atoms with Crippen LogP contribution in [0.15, 0.2) is 48.5 Å². The second-order valence-electron chi connectivity index (χ2n) is 6.18. The molecule has 0 aliphatic rings. The molecule has 6 heteroatoms. The number of rotatable bonds is 4. The Labute approximate surface area is 155 Å². The maximum Gasteiger partial charge on any atom is 0.261 e. The molecule has 2 aromatic heterocycles. The lowest BCUT2D eigenvalue weighted by Gasteiger charge is -2.11. The largest absolute Gasteiger partial charge is 0.472 e. The first-order valence-corrected chi connectivity index (χ1v) is 8.74. The van der Waals surface area contributed by atoms with Gasteiger partial charge in [-0.1, -0.05) is 48.0 Å². The van der Waals surface area contributed by atoms with Gasteiger partial charge >= 0.3 is 0 Å². The summed E-state index contributed by atoms with van der Waals surface area (Å²) in [5.74, 6) is 1.15. The van der Waals surface area contributed by atoms with Crippen molar-refractivity contribution in [3.8, 4) is 5.88 Å². The SMILES string of the molecule is CC(C)Oc1nc2ccc(Cl)cc2n2c(/C=C/c3ccccc3)nnc12. The van der Waals surface area contributed by atoms with Crippen LogP contribution in [0.5, 0.6) is 5.88 Å². The zero-order valence-electron chi connectivity index (χ0n) is 14.4. The fourth-order valence-electron chi connectivity index (χ4n) is 2.75. The van der Waals surface area contributed by atoms with Crippen LogP contribution in [0.1, 0.15) is 25.2 Å². The second-order valence-corrected chi connectivity index (χ2v) is 6.61. The first kappa shape index (κ1) is 16.5. The fourth-order valence-corrected chi connectivity index (χ4v) is 2.91. The Hall–Kier alpha value is -2.92. The fraction of sp³-hybridized carbons (Fsp3) is 0.150. The lowest BCUT2D eigenvalue weighted by atomic mass is 10.2. The average molecular weight is 365 g/mol. The Morgan fingerprint density at radius 3 is 2.62 bits per heavy atom. The molecule has 0 N–H and O–H groups in total. The summed E-state index contributed by atoms with van der Waals surface area (Å²) in [6.45, 7) is 3.91. The molecule has 0 aliphatic heterocycles. The van der Waals surface area contributed by atoms with Crippen molar-refractivity contribution in [2.24, 2.45) is 0 Å². The second kappa shape index (κ2) is 6.77. The molecule has 4 rings (SSSR count). The summed E-state index contributed by atoms with van der Waals surface area (Å²) >= 11 is 6.20. The highest BCUT2D eigenvalue weighted by Gasteiger charge is 2.16. The molecule has 0 saturated carbocycles. The third-order valence-corrected chi connectivity index (χ3v) is 4.09. The zero-order valence-corrected chi connectivity index (χ0v) is 15.2. The smallest absolute Gasteiger partial charge is 0.261 e. The minimum atomic E-state index is -0.0175. The molecule has 2 heterocycles. The summed E-state index contributed by atoms with van der Waals surface area (Å²) in [6, 6.07) is 15.6. The summed E-state index contributed by atoms with van der Waals surface area (Å²) in [5.41, 5.74) is 3.26. The van der Waals surface area contributed by atoms with E-state index in [1.807, 2.05) is 78.9 Å². The van der Waals surface area contributed by atoms with E-state index in [9.17, 15) is 0 Å². The van der Waals surface area contributed by atoms with Crippen LogP contribution in [0.2, 0.25) is 5.02 Å². The van der Waals surface area contributed by atoms with Crippen molar-refractivity contribution < 1.29 is 4.74 Å². The Balaban J connectivity index is 1.94. The van der Waals surface area contributed by atoms with Gasteiger partial charge in [0, 0.05) is 5.02 Å². The molecule has 0 spiro atoms. The highest BCUT2D eigenvalue weighted by molar-refractivity contribution is 6.31. The zero-order chi connectivity index (χ0) is 18.1. The van der Waals surface area contributed by atoms with Gasteiger partial charge < -0.3 is 4.74 Å². The third-order valence-electron chi connectivity index (χ3n) is 3.85. The highest BCUT2D eigenvalue weighted by atomic mass is 35.5. The number of fused-ring (bicyclic) bond motifs is 3. The van der Waals surface area contributed by atoms with Gasteiger partial charge in [-0.05, 0) is 43.7 Å². The van der Waals surface area contributed by atoms with E-state index in [1.165, 1.54) is 0 Å². The van der Waals surface area contributed by atoms with Crippen molar-refractivity contribution in [2.75, 3.05) is 0 Å². The maximum atomic E-state index is 6.20. The number of hydrogen-bond donors (Lipinski definition) is 0. The van der Waals surface area contributed by atoms with E-state index in [4.69, 9.17) is 16.3 Å². The molecule has 4 aromatic rings. The number of nitrogens with zero attached hydrogens (tertiary/aromatic N) is 4. The van der Waals surface area contributed by atoms with Gasteiger partial charge in [0.1, 0.15) is 0 Å². The van der Waals surface area contributed by atoms with E-state index < -0.39 is 0 Å². The highest BCUT2D eigenvalue weighted by Crippen LogP contribution is 2.26. The predicted molar refractivity (Wildman–Crippen MR) is 104 cm³/mol. The van der Waals surface area contributed by atoms with Crippen molar-refractivity contribution in [3.63, 3.8) is 0 Å². The van der Waals surface area contributed by atoms with Crippen LogP contribution in [0, 0.1) is 0 Å². The number of halogens is 1. The van der Waals surface area contributed by atoms with Crippen LogP contribution in [-0.4, -0.2) is 25.7 Å². The minimum absolute atomic E-state index is 0.0175. The van der Waals surface area contributed by atoms with Crippen molar-refractivity contribution in [2.45, 2.75) is 20.0 Å².